The molecule has 4 heterocycles. The minimum absolute atomic E-state index is 0.821. The molecule has 0 N–H and O–H groups in total. The summed E-state index contributed by atoms with van der Waals surface area (Å²) < 4.78 is 1.87. The molecule has 4 rings (SSSR count). The Balaban J connectivity index is 1.98. The zero-order valence-corrected chi connectivity index (χ0v) is 12.9. The third-order valence-electron chi connectivity index (χ3n) is 4.05. The molecule has 4 aromatic heterocycles. The highest BCUT2D eigenvalue weighted by molar-refractivity contribution is 5.80. The van der Waals surface area contributed by atoms with Crippen LogP contribution in [0.3, 0.4) is 0 Å². The largest absolute Gasteiger partial charge is 0.264 e. The quantitative estimate of drug-likeness (QED) is 0.569. The van der Waals surface area contributed by atoms with Gasteiger partial charge in [0.05, 0.1) is 11.9 Å². The summed E-state index contributed by atoms with van der Waals surface area (Å²) >= 11 is 0. The van der Waals surface area contributed by atoms with Gasteiger partial charge in [-0.05, 0) is 43.2 Å². The zero-order valence-electron chi connectivity index (χ0n) is 12.9. The standard InChI is InChI=1S/C18H15N5/c1-12-3-6-19-9-15(12)14-5-8-22-23-17(11-21-18(14)23)16-10-20-7-4-13(16)2/h3-11H,1-2H3. The second-order valence-electron chi connectivity index (χ2n) is 5.50. The van der Waals surface area contributed by atoms with Gasteiger partial charge in [0.1, 0.15) is 0 Å². The van der Waals surface area contributed by atoms with Crippen LogP contribution in [-0.2, 0) is 0 Å². The lowest BCUT2D eigenvalue weighted by atomic mass is 10.1. The van der Waals surface area contributed by atoms with Gasteiger partial charge < -0.3 is 0 Å². The van der Waals surface area contributed by atoms with E-state index >= 15 is 0 Å². The van der Waals surface area contributed by atoms with Gasteiger partial charge in [0, 0.05) is 47.7 Å². The SMILES string of the molecule is Cc1ccncc1-c1ccnn2c(-c3cnccc3C)cnc12. The third-order valence-corrected chi connectivity index (χ3v) is 4.05. The number of aromatic nitrogens is 5. The van der Waals surface area contributed by atoms with Gasteiger partial charge >= 0.3 is 0 Å². The Morgan fingerprint density at radius 2 is 1.43 bits per heavy atom. The van der Waals surface area contributed by atoms with E-state index in [0.29, 0.717) is 0 Å². The molecule has 0 saturated carbocycles. The molecule has 0 aromatic carbocycles. The summed E-state index contributed by atoms with van der Waals surface area (Å²) in [6, 6.07) is 5.97. The minimum Gasteiger partial charge on any atom is -0.264 e. The van der Waals surface area contributed by atoms with Crippen molar-refractivity contribution in [1.29, 1.82) is 0 Å². The van der Waals surface area contributed by atoms with Gasteiger partial charge in [-0.25, -0.2) is 9.50 Å². The summed E-state index contributed by atoms with van der Waals surface area (Å²) in [5, 5.41) is 4.48. The Hall–Kier alpha value is -3.08. The number of pyridine rings is 2. The van der Waals surface area contributed by atoms with Crippen molar-refractivity contribution in [3.63, 3.8) is 0 Å². The Labute approximate surface area is 133 Å². The van der Waals surface area contributed by atoms with Gasteiger partial charge in [-0.15, -0.1) is 0 Å². The average Bonchev–Trinajstić information content (AvgIpc) is 3.00. The number of hydrogen-bond donors (Lipinski definition) is 0. The highest BCUT2D eigenvalue weighted by Crippen LogP contribution is 2.29. The zero-order chi connectivity index (χ0) is 15.8. The van der Waals surface area contributed by atoms with Crippen LogP contribution in [0, 0.1) is 13.8 Å². The van der Waals surface area contributed by atoms with Crippen molar-refractivity contribution < 1.29 is 0 Å². The molecule has 0 unspecified atom stereocenters. The summed E-state index contributed by atoms with van der Waals surface area (Å²) in [5.41, 5.74) is 7.20. The van der Waals surface area contributed by atoms with E-state index in [1.54, 1.807) is 18.6 Å². The van der Waals surface area contributed by atoms with Gasteiger partial charge in [0.15, 0.2) is 5.65 Å². The molecule has 0 radical (unpaired) electrons. The smallest absolute Gasteiger partial charge is 0.162 e. The van der Waals surface area contributed by atoms with Crippen LogP contribution in [0.4, 0.5) is 0 Å². The second kappa shape index (κ2) is 5.28. The second-order valence-corrected chi connectivity index (χ2v) is 5.50. The molecule has 0 aliphatic carbocycles. The summed E-state index contributed by atoms with van der Waals surface area (Å²) in [5.74, 6) is 0. The van der Waals surface area contributed by atoms with Crippen LogP contribution in [0.25, 0.3) is 28.0 Å². The lowest BCUT2D eigenvalue weighted by Crippen LogP contribution is -1.97. The van der Waals surface area contributed by atoms with E-state index in [9.17, 15) is 0 Å². The molecule has 5 nitrogen and oxygen atoms in total. The van der Waals surface area contributed by atoms with E-state index in [1.165, 1.54) is 0 Å². The van der Waals surface area contributed by atoms with Crippen molar-refractivity contribution in [3.8, 4) is 22.4 Å². The summed E-state index contributed by atoms with van der Waals surface area (Å²) in [7, 11) is 0. The lowest BCUT2D eigenvalue weighted by Gasteiger charge is -2.08. The first-order valence-corrected chi connectivity index (χ1v) is 7.40. The fraction of sp³-hybridized carbons (Fsp3) is 0.111. The summed E-state index contributed by atoms with van der Waals surface area (Å²) in [6.07, 6.45) is 11.0. The van der Waals surface area contributed by atoms with E-state index in [4.69, 9.17) is 0 Å². The van der Waals surface area contributed by atoms with Gasteiger partial charge in [-0.3, -0.25) is 9.97 Å². The number of rotatable bonds is 2. The van der Waals surface area contributed by atoms with E-state index in [-0.39, 0.29) is 0 Å². The Bertz CT molecular complexity index is 1000. The average molecular weight is 301 g/mol. The van der Waals surface area contributed by atoms with Crippen LogP contribution in [0.1, 0.15) is 11.1 Å². The predicted octanol–water partition coefficient (Wildman–Crippen LogP) is 3.47. The number of fused-ring (bicyclic) bond motifs is 1. The normalized spacial score (nSPS) is 11.0. The molecular weight excluding hydrogens is 286 g/mol. The lowest BCUT2D eigenvalue weighted by molar-refractivity contribution is 0.941. The summed E-state index contributed by atoms with van der Waals surface area (Å²) in [4.78, 5) is 13.1. The number of imidazole rings is 1. The van der Waals surface area contributed by atoms with Crippen molar-refractivity contribution in [2.45, 2.75) is 13.8 Å². The minimum atomic E-state index is 0.821. The number of aryl methyl sites for hydroxylation is 2. The van der Waals surface area contributed by atoms with E-state index in [0.717, 1.165) is 39.2 Å². The molecule has 0 saturated heterocycles. The maximum atomic E-state index is 4.60. The maximum absolute atomic E-state index is 4.60. The van der Waals surface area contributed by atoms with Crippen LogP contribution in [0.15, 0.2) is 55.4 Å². The van der Waals surface area contributed by atoms with E-state index in [1.807, 2.05) is 41.3 Å². The summed E-state index contributed by atoms with van der Waals surface area (Å²) in [6.45, 7) is 4.13. The van der Waals surface area contributed by atoms with Crippen molar-refractivity contribution >= 4 is 5.65 Å². The van der Waals surface area contributed by atoms with Crippen molar-refractivity contribution in [2.75, 3.05) is 0 Å². The van der Waals surface area contributed by atoms with Gasteiger partial charge in [0.25, 0.3) is 0 Å². The van der Waals surface area contributed by atoms with Crippen molar-refractivity contribution in [3.05, 3.63) is 66.5 Å². The molecule has 0 aliphatic rings. The first kappa shape index (κ1) is 13.6. The first-order chi connectivity index (χ1) is 11.3. The molecule has 0 fully saturated rings. The highest BCUT2D eigenvalue weighted by atomic mass is 15.3. The Morgan fingerprint density at radius 1 is 0.739 bits per heavy atom. The number of nitrogens with zero attached hydrogens (tertiary/aromatic N) is 5. The predicted molar refractivity (Wildman–Crippen MR) is 88.9 cm³/mol. The molecule has 0 spiro atoms. The monoisotopic (exact) mass is 301 g/mol. The Kier molecular flexibility index (Phi) is 3.12. The fourth-order valence-electron chi connectivity index (χ4n) is 2.77. The Morgan fingerprint density at radius 3 is 2.13 bits per heavy atom. The van der Waals surface area contributed by atoms with Gasteiger partial charge in [-0.1, -0.05) is 0 Å². The van der Waals surface area contributed by atoms with Crippen LogP contribution in [0.5, 0.6) is 0 Å². The molecule has 0 amide bonds. The van der Waals surface area contributed by atoms with Gasteiger partial charge in [0.2, 0.25) is 0 Å². The molecule has 0 bridgehead atoms. The van der Waals surface area contributed by atoms with Gasteiger partial charge in [-0.2, -0.15) is 5.10 Å². The van der Waals surface area contributed by atoms with Crippen LogP contribution < -0.4 is 0 Å². The molecule has 4 aromatic rings. The third kappa shape index (κ3) is 2.17. The van der Waals surface area contributed by atoms with Crippen LogP contribution in [-0.4, -0.2) is 24.6 Å². The van der Waals surface area contributed by atoms with Crippen LogP contribution >= 0.6 is 0 Å². The maximum Gasteiger partial charge on any atom is 0.162 e. The van der Waals surface area contributed by atoms with E-state index in [2.05, 4.69) is 33.9 Å². The van der Waals surface area contributed by atoms with Crippen molar-refractivity contribution in [2.24, 2.45) is 0 Å². The van der Waals surface area contributed by atoms with E-state index < -0.39 is 0 Å². The molecule has 0 atom stereocenters. The topological polar surface area (TPSA) is 56.0 Å². The molecule has 23 heavy (non-hydrogen) atoms. The molecule has 112 valence electrons. The first-order valence-electron chi connectivity index (χ1n) is 7.40. The highest BCUT2D eigenvalue weighted by Gasteiger charge is 2.14. The van der Waals surface area contributed by atoms with Crippen LogP contribution in [0.2, 0.25) is 0 Å². The number of hydrogen-bond acceptors (Lipinski definition) is 4. The molecule has 5 heteroatoms. The molecule has 0 aliphatic heterocycles. The fourth-order valence-corrected chi connectivity index (χ4v) is 2.77. The molecular formula is C18H15N5. The van der Waals surface area contributed by atoms with Crippen molar-refractivity contribution in [1.82, 2.24) is 24.6 Å².